The van der Waals surface area contributed by atoms with Crippen molar-refractivity contribution in [2.24, 2.45) is 23.7 Å². The summed E-state index contributed by atoms with van der Waals surface area (Å²) in [5, 5.41) is 8.96. The maximum absolute atomic E-state index is 10.9. The van der Waals surface area contributed by atoms with Crippen LogP contribution in [0, 0.1) is 23.7 Å². The fourth-order valence-corrected chi connectivity index (χ4v) is 4.91. The summed E-state index contributed by atoms with van der Waals surface area (Å²) < 4.78 is 0. The number of rotatable bonds is 4. The van der Waals surface area contributed by atoms with E-state index in [0.717, 1.165) is 24.4 Å². The smallest absolute Gasteiger partial charge is 0.303 e. The van der Waals surface area contributed by atoms with E-state index < -0.39 is 5.97 Å². The van der Waals surface area contributed by atoms with E-state index in [4.69, 9.17) is 5.11 Å². The van der Waals surface area contributed by atoms with Crippen molar-refractivity contribution in [3.63, 3.8) is 0 Å². The summed E-state index contributed by atoms with van der Waals surface area (Å²) in [6, 6.07) is 0.832. The number of fused-ring (bicyclic) bond motifs is 2. The lowest BCUT2D eigenvalue weighted by molar-refractivity contribution is -0.138. The van der Waals surface area contributed by atoms with Crippen LogP contribution in [0.15, 0.2) is 0 Å². The minimum atomic E-state index is -0.635. The molecule has 3 heteroatoms. The Morgan fingerprint density at radius 2 is 2.16 bits per heavy atom. The third-order valence-electron chi connectivity index (χ3n) is 5.96. The molecule has 0 aromatic carbocycles. The van der Waals surface area contributed by atoms with Crippen molar-refractivity contribution in [3.8, 4) is 0 Å². The number of carbonyl (C=O) groups is 1. The number of hydrogen-bond donors (Lipinski definition) is 1. The fourth-order valence-electron chi connectivity index (χ4n) is 4.91. The second-order valence-electron chi connectivity index (χ2n) is 7.21. The van der Waals surface area contributed by atoms with Gasteiger partial charge in [0.05, 0.1) is 0 Å². The summed E-state index contributed by atoms with van der Waals surface area (Å²) in [7, 11) is 0. The number of aliphatic carboxylic acids is 1. The summed E-state index contributed by atoms with van der Waals surface area (Å²) >= 11 is 0. The molecule has 2 bridgehead atoms. The van der Waals surface area contributed by atoms with Gasteiger partial charge in [-0.3, -0.25) is 9.69 Å². The molecule has 2 aliphatic carbocycles. The zero-order chi connectivity index (χ0) is 13.4. The van der Waals surface area contributed by atoms with Gasteiger partial charge in [0.15, 0.2) is 0 Å². The molecule has 0 amide bonds. The Balaban J connectivity index is 1.57. The number of carboxylic acid groups (broad SMARTS) is 1. The van der Waals surface area contributed by atoms with E-state index in [1.165, 1.54) is 45.1 Å². The molecule has 1 saturated heterocycles. The van der Waals surface area contributed by atoms with Gasteiger partial charge in [-0.2, -0.15) is 0 Å². The maximum Gasteiger partial charge on any atom is 0.303 e. The molecule has 3 fully saturated rings. The summed E-state index contributed by atoms with van der Waals surface area (Å²) in [4.78, 5) is 13.6. The van der Waals surface area contributed by atoms with Crippen molar-refractivity contribution in [1.29, 1.82) is 0 Å². The SMILES string of the molecule is CC(CC(=O)O)C1CCCN(C2CC3CCC2C3)C1. The van der Waals surface area contributed by atoms with Crippen LogP contribution in [0.1, 0.15) is 51.9 Å². The molecule has 3 rings (SSSR count). The topological polar surface area (TPSA) is 40.5 Å². The normalized spacial score (nSPS) is 40.5. The monoisotopic (exact) mass is 265 g/mol. The molecular weight excluding hydrogens is 238 g/mol. The highest BCUT2D eigenvalue weighted by Gasteiger charge is 2.43. The van der Waals surface area contributed by atoms with Crippen LogP contribution >= 0.6 is 0 Å². The van der Waals surface area contributed by atoms with E-state index in [1.807, 2.05) is 0 Å². The van der Waals surface area contributed by atoms with Gasteiger partial charge in [-0.05, 0) is 62.3 Å². The standard InChI is InChI=1S/C16H27NO2/c1-11(7-16(18)19)14-3-2-6-17(10-14)15-9-12-4-5-13(15)8-12/h11-15H,2-10H2,1H3,(H,18,19). The fraction of sp³-hybridized carbons (Fsp3) is 0.938. The first kappa shape index (κ1) is 13.4. The Labute approximate surface area is 116 Å². The van der Waals surface area contributed by atoms with E-state index in [0.29, 0.717) is 18.3 Å². The molecule has 1 N–H and O–H groups in total. The molecule has 0 radical (unpaired) electrons. The quantitative estimate of drug-likeness (QED) is 0.849. The van der Waals surface area contributed by atoms with E-state index >= 15 is 0 Å². The van der Waals surface area contributed by atoms with Crippen LogP contribution in [0.5, 0.6) is 0 Å². The van der Waals surface area contributed by atoms with Crippen LogP contribution in [0.4, 0.5) is 0 Å². The van der Waals surface area contributed by atoms with Gasteiger partial charge in [0.1, 0.15) is 0 Å². The lowest BCUT2D eigenvalue weighted by Crippen LogP contribution is -2.46. The van der Waals surface area contributed by atoms with Gasteiger partial charge < -0.3 is 5.11 Å². The molecule has 19 heavy (non-hydrogen) atoms. The van der Waals surface area contributed by atoms with Crippen LogP contribution < -0.4 is 0 Å². The van der Waals surface area contributed by atoms with Gasteiger partial charge in [0.25, 0.3) is 0 Å². The number of carboxylic acids is 1. The zero-order valence-electron chi connectivity index (χ0n) is 12.1. The van der Waals surface area contributed by atoms with Crippen molar-refractivity contribution >= 4 is 5.97 Å². The average molecular weight is 265 g/mol. The highest BCUT2D eigenvalue weighted by Crippen LogP contribution is 2.47. The highest BCUT2D eigenvalue weighted by molar-refractivity contribution is 5.67. The first-order valence-electron chi connectivity index (χ1n) is 8.09. The second kappa shape index (κ2) is 5.43. The zero-order valence-corrected chi connectivity index (χ0v) is 12.1. The molecule has 1 aliphatic heterocycles. The van der Waals surface area contributed by atoms with Crippen molar-refractivity contribution in [1.82, 2.24) is 4.90 Å². The van der Waals surface area contributed by atoms with Crippen molar-refractivity contribution in [3.05, 3.63) is 0 Å². The molecular formula is C16H27NO2. The Morgan fingerprint density at radius 3 is 2.79 bits per heavy atom. The van der Waals surface area contributed by atoms with Crippen molar-refractivity contribution in [2.75, 3.05) is 13.1 Å². The summed E-state index contributed by atoms with van der Waals surface area (Å²) in [5.74, 6) is 2.26. The Kier molecular flexibility index (Phi) is 3.84. The molecule has 1 heterocycles. The van der Waals surface area contributed by atoms with Crippen molar-refractivity contribution in [2.45, 2.75) is 57.9 Å². The maximum atomic E-state index is 10.9. The highest BCUT2D eigenvalue weighted by atomic mass is 16.4. The van der Waals surface area contributed by atoms with Crippen LogP contribution in [0.2, 0.25) is 0 Å². The molecule has 3 nitrogen and oxygen atoms in total. The lowest BCUT2D eigenvalue weighted by Gasteiger charge is -2.41. The van der Waals surface area contributed by atoms with E-state index in [2.05, 4.69) is 11.8 Å². The molecule has 108 valence electrons. The predicted octanol–water partition coefficient (Wildman–Crippen LogP) is 3.00. The third-order valence-corrected chi connectivity index (χ3v) is 5.96. The van der Waals surface area contributed by atoms with E-state index in [9.17, 15) is 4.79 Å². The molecule has 0 aromatic rings. The molecule has 2 saturated carbocycles. The number of piperidine rings is 1. The first-order chi connectivity index (χ1) is 9.13. The minimum absolute atomic E-state index is 0.332. The molecule has 0 aromatic heterocycles. The number of likely N-dealkylation sites (tertiary alicyclic amines) is 1. The van der Waals surface area contributed by atoms with E-state index in [1.54, 1.807) is 0 Å². The Hall–Kier alpha value is -0.570. The van der Waals surface area contributed by atoms with Gasteiger partial charge in [-0.25, -0.2) is 0 Å². The first-order valence-corrected chi connectivity index (χ1v) is 8.09. The Bertz CT molecular complexity index is 344. The molecule has 0 spiro atoms. The lowest BCUT2D eigenvalue weighted by atomic mass is 9.83. The summed E-state index contributed by atoms with van der Waals surface area (Å²) in [6.07, 6.45) is 8.64. The predicted molar refractivity (Wildman–Crippen MR) is 74.9 cm³/mol. The number of hydrogen-bond acceptors (Lipinski definition) is 2. The largest absolute Gasteiger partial charge is 0.481 e. The third kappa shape index (κ3) is 2.81. The van der Waals surface area contributed by atoms with Gasteiger partial charge in [-0.1, -0.05) is 13.3 Å². The molecule has 5 atom stereocenters. The van der Waals surface area contributed by atoms with Crippen LogP contribution in [-0.2, 0) is 4.79 Å². The van der Waals surface area contributed by atoms with Crippen LogP contribution in [0.25, 0.3) is 0 Å². The number of nitrogens with zero attached hydrogens (tertiary/aromatic N) is 1. The minimum Gasteiger partial charge on any atom is -0.481 e. The van der Waals surface area contributed by atoms with Gasteiger partial charge >= 0.3 is 5.97 Å². The van der Waals surface area contributed by atoms with Crippen LogP contribution in [-0.4, -0.2) is 35.1 Å². The summed E-state index contributed by atoms with van der Waals surface area (Å²) in [6.45, 7) is 4.54. The second-order valence-corrected chi connectivity index (χ2v) is 7.21. The van der Waals surface area contributed by atoms with Gasteiger partial charge in [0, 0.05) is 19.0 Å². The van der Waals surface area contributed by atoms with Crippen LogP contribution in [0.3, 0.4) is 0 Å². The van der Waals surface area contributed by atoms with Gasteiger partial charge in [0.2, 0.25) is 0 Å². The summed E-state index contributed by atoms with van der Waals surface area (Å²) in [5.41, 5.74) is 0. The van der Waals surface area contributed by atoms with Crippen molar-refractivity contribution < 1.29 is 9.90 Å². The average Bonchev–Trinajstić information content (AvgIpc) is 3.00. The molecule has 3 aliphatic rings. The molecule has 5 unspecified atom stereocenters. The van der Waals surface area contributed by atoms with E-state index in [-0.39, 0.29) is 0 Å². The Morgan fingerprint density at radius 1 is 1.32 bits per heavy atom. The van der Waals surface area contributed by atoms with Gasteiger partial charge in [-0.15, -0.1) is 0 Å².